The van der Waals surface area contributed by atoms with Gasteiger partial charge >= 0.3 is 24.1 Å². The van der Waals surface area contributed by atoms with Crippen molar-refractivity contribution in [3.63, 3.8) is 0 Å². The average Bonchev–Trinajstić information content (AvgIpc) is 3.09. The Hall–Kier alpha value is -5.64. The highest BCUT2D eigenvalue weighted by molar-refractivity contribution is 5.93. The van der Waals surface area contributed by atoms with E-state index in [2.05, 4.69) is 13.2 Å². The fourth-order valence-corrected chi connectivity index (χ4v) is 4.06. The first-order chi connectivity index (χ1) is 23.3. The molecule has 0 aromatic heterocycles. The zero-order chi connectivity index (χ0) is 34.6. The van der Waals surface area contributed by atoms with Crippen molar-refractivity contribution < 1.29 is 47.6 Å². The van der Waals surface area contributed by atoms with Gasteiger partial charge in [-0.05, 0) is 66.3 Å². The van der Waals surface area contributed by atoms with E-state index in [1.54, 1.807) is 19.1 Å². The van der Waals surface area contributed by atoms with Crippen LogP contribution in [0, 0.1) is 0 Å². The number of hydrogen-bond acceptors (Lipinski definition) is 10. The Kier molecular flexibility index (Phi) is 15.7. The van der Waals surface area contributed by atoms with Crippen LogP contribution in [0.4, 0.5) is 4.79 Å². The summed E-state index contributed by atoms with van der Waals surface area (Å²) in [7, 11) is 0. The molecule has 0 aliphatic carbocycles. The fourth-order valence-electron chi connectivity index (χ4n) is 4.06. The largest absolute Gasteiger partial charge is 0.513 e. The summed E-state index contributed by atoms with van der Waals surface area (Å²) in [4.78, 5) is 46.2. The number of unbranched alkanes of at least 4 members (excludes halogenated alkanes) is 1. The van der Waals surface area contributed by atoms with Gasteiger partial charge in [0.2, 0.25) is 0 Å². The molecule has 0 heterocycles. The first kappa shape index (κ1) is 36.8. The molecule has 0 atom stereocenters. The fraction of sp³-hybridized carbons (Fsp3) is 0.263. The predicted molar refractivity (Wildman–Crippen MR) is 181 cm³/mol. The van der Waals surface area contributed by atoms with Gasteiger partial charge in [-0.3, -0.25) is 4.79 Å². The molecule has 0 saturated heterocycles. The molecule has 0 fully saturated rings. The number of carbonyl (C=O) groups excluding carboxylic acids is 4. The number of ether oxygens (including phenoxy) is 6. The Morgan fingerprint density at radius 1 is 0.646 bits per heavy atom. The first-order valence-corrected chi connectivity index (χ1v) is 15.5. The molecule has 0 radical (unpaired) electrons. The molecule has 0 bridgehead atoms. The summed E-state index contributed by atoms with van der Waals surface area (Å²) in [5.41, 5.74) is 4.07. The number of rotatable bonds is 19. The van der Waals surface area contributed by atoms with Gasteiger partial charge in [0.15, 0.2) is 0 Å². The van der Waals surface area contributed by atoms with Crippen molar-refractivity contribution in [2.24, 2.45) is 0 Å². The summed E-state index contributed by atoms with van der Waals surface area (Å²) in [6.07, 6.45) is 5.72. The second kappa shape index (κ2) is 20.5. The number of benzene rings is 3. The summed E-state index contributed by atoms with van der Waals surface area (Å²) >= 11 is 0. The van der Waals surface area contributed by atoms with E-state index in [0.717, 1.165) is 28.3 Å². The highest BCUT2D eigenvalue weighted by atomic mass is 16.7. The summed E-state index contributed by atoms with van der Waals surface area (Å²) in [6.45, 7) is 9.73. The van der Waals surface area contributed by atoms with E-state index < -0.39 is 24.1 Å². The Balaban J connectivity index is 1.35. The molecule has 0 unspecified atom stereocenters. The first-order valence-electron chi connectivity index (χ1n) is 15.5. The number of esters is 3. The van der Waals surface area contributed by atoms with Crippen LogP contribution in [0.25, 0.3) is 23.3 Å². The molecule has 0 saturated carbocycles. The average molecular weight is 657 g/mol. The highest BCUT2D eigenvalue weighted by Crippen LogP contribution is 2.24. The molecule has 48 heavy (non-hydrogen) atoms. The maximum atomic E-state index is 11.9. The maximum absolute atomic E-state index is 11.9. The summed E-state index contributed by atoms with van der Waals surface area (Å²) in [5, 5.41) is 0. The van der Waals surface area contributed by atoms with E-state index in [1.165, 1.54) is 0 Å². The van der Waals surface area contributed by atoms with Gasteiger partial charge < -0.3 is 28.4 Å². The molecule has 10 heteroatoms. The normalized spacial score (nSPS) is 10.5. The zero-order valence-electron chi connectivity index (χ0n) is 27.0. The molecule has 0 amide bonds. The lowest BCUT2D eigenvalue weighted by Crippen LogP contribution is -2.14. The number of carbonyl (C=O) groups is 4. The molecular weight excluding hydrogens is 616 g/mol. The van der Waals surface area contributed by atoms with E-state index in [1.807, 2.05) is 72.8 Å². The van der Waals surface area contributed by atoms with Gasteiger partial charge in [-0.25, -0.2) is 14.4 Å². The van der Waals surface area contributed by atoms with Crippen LogP contribution in [0.5, 0.6) is 11.5 Å². The molecule has 3 aromatic carbocycles. The van der Waals surface area contributed by atoms with Gasteiger partial charge in [0.25, 0.3) is 0 Å². The molecule has 0 aliphatic heterocycles. The molecule has 10 nitrogen and oxygen atoms in total. The standard InChI is InChI=1S/C38H40O10/c1-4-35(39)45-23-6-7-24-47-38(42)48-34-21-17-32(18-22-34)31-15-11-29(12-16-31)9-10-30-13-19-33(20-14-30)44-25-8-26-46-37(41)28(3)27-36(40)43-5-2/h4,9-22H,1,3,5-8,23-27H2,2H3/b10-9+. The topological polar surface area (TPSA) is 124 Å². The Morgan fingerprint density at radius 2 is 1.19 bits per heavy atom. The lowest BCUT2D eigenvalue weighted by atomic mass is 10.0. The smallest absolute Gasteiger partial charge is 0.493 e. The van der Waals surface area contributed by atoms with Crippen LogP contribution in [0.15, 0.2) is 97.6 Å². The van der Waals surface area contributed by atoms with Crippen LogP contribution >= 0.6 is 0 Å². The van der Waals surface area contributed by atoms with Crippen LogP contribution in [0.1, 0.15) is 43.7 Å². The monoisotopic (exact) mass is 656 g/mol. The quantitative estimate of drug-likeness (QED) is 0.0323. The van der Waals surface area contributed by atoms with Crippen LogP contribution < -0.4 is 9.47 Å². The number of hydrogen-bond donors (Lipinski definition) is 0. The van der Waals surface area contributed by atoms with E-state index in [4.69, 9.17) is 28.4 Å². The maximum Gasteiger partial charge on any atom is 0.513 e. The summed E-state index contributed by atoms with van der Waals surface area (Å²) < 4.78 is 30.8. The Labute approximate surface area is 280 Å². The summed E-state index contributed by atoms with van der Waals surface area (Å²) in [5.74, 6) is -0.541. The van der Waals surface area contributed by atoms with Crippen molar-refractivity contribution in [2.75, 3.05) is 33.0 Å². The lowest BCUT2D eigenvalue weighted by Gasteiger charge is -2.08. The lowest BCUT2D eigenvalue weighted by molar-refractivity contribution is -0.146. The van der Waals surface area contributed by atoms with Crippen molar-refractivity contribution in [2.45, 2.75) is 32.6 Å². The van der Waals surface area contributed by atoms with E-state index in [0.29, 0.717) is 37.4 Å². The van der Waals surface area contributed by atoms with E-state index in [-0.39, 0.29) is 38.4 Å². The third-order valence-corrected chi connectivity index (χ3v) is 6.56. The van der Waals surface area contributed by atoms with Crippen molar-refractivity contribution >= 4 is 36.2 Å². The van der Waals surface area contributed by atoms with Crippen LogP contribution in [-0.2, 0) is 33.3 Å². The van der Waals surface area contributed by atoms with Crippen LogP contribution in [-0.4, -0.2) is 57.1 Å². The van der Waals surface area contributed by atoms with Gasteiger partial charge in [0.05, 0.1) is 39.5 Å². The van der Waals surface area contributed by atoms with Crippen LogP contribution in [0.3, 0.4) is 0 Å². The van der Waals surface area contributed by atoms with Gasteiger partial charge in [-0.1, -0.05) is 73.8 Å². The molecular formula is C38H40O10. The Bertz CT molecular complexity index is 1540. The van der Waals surface area contributed by atoms with E-state index >= 15 is 0 Å². The van der Waals surface area contributed by atoms with E-state index in [9.17, 15) is 19.2 Å². The van der Waals surface area contributed by atoms with Crippen molar-refractivity contribution in [3.8, 4) is 22.6 Å². The van der Waals surface area contributed by atoms with Gasteiger partial charge in [-0.2, -0.15) is 0 Å². The molecule has 0 aliphatic rings. The zero-order valence-corrected chi connectivity index (χ0v) is 27.0. The highest BCUT2D eigenvalue weighted by Gasteiger charge is 2.14. The second-order valence-electron chi connectivity index (χ2n) is 10.3. The minimum Gasteiger partial charge on any atom is -0.493 e. The minimum absolute atomic E-state index is 0.0596. The van der Waals surface area contributed by atoms with Gasteiger partial charge in [-0.15, -0.1) is 0 Å². The third kappa shape index (κ3) is 13.8. The predicted octanol–water partition coefficient (Wildman–Crippen LogP) is 7.37. The molecule has 0 N–H and O–H groups in total. The molecule has 3 rings (SSSR count). The minimum atomic E-state index is -0.794. The summed E-state index contributed by atoms with van der Waals surface area (Å²) in [6, 6.07) is 22.8. The van der Waals surface area contributed by atoms with Crippen molar-refractivity contribution in [3.05, 3.63) is 109 Å². The second-order valence-corrected chi connectivity index (χ2v) is 10.3. The van der Waals surface area contributed by atoms with Crippen molar-refractivity contribution in [1.29, 1.82) is 0 Å². The van der Waals surface area contributed by atoms with Crippen molar-refractivity contribution in [1.82, 2.24) is 0 Å². The molecule has 0 spiro atoms. The van der Waals surface area contributed by atoms with Crippen LogP contribution in [0.2, 0.25) is 0 Å². The van der Waals surface area contributed by atoms with Gasteiger partial charge in [0, 0.05) is 18.1 Å². The molecule has 3 aromatic rings. The SMILES string of the molecule is C=CC(=O)OCCCCOC(=O)Oc1ccc(-c2ccc(/C=C/c3ccc(OCCCOC(=O)C(=C)CC(=O)OCC)cc3)cc2)cc1. The van der Waals surface area contributed by atoms with Gasteiger partial charge in [0.1, 0.15) is 11.5 Å². The third-order valence-electron chi connectivity index (χ3n) is 6.56. The Morgan fingerprint density at radius 3 is 1.79 bits per heavy atom. The molecule has 252 valence electrons.